The van der Waals surface area contributed by atoms with Crippen LogP contribution in [0.3, 0.4) is 0 Å². The standard InChI is InChI=1S/C49H28N4O2/c1-2-13-29(14-3-1)47-50-48(36-20-12-24-44-45(36)35-19-8-11-23-43(35)54-44)52-49(51-47)39-28-32(27-38-34-18-7-10-22-42(34)55-46(38)39)53-40-21-9-6-17-33(40)37-25-30-15-4-5-16-31(30)26-41(37)53/h1-28H. The average Bonchev–Trinajstić information content (AvgIpc) is 3.92. The van der Waals surface area contributed by atoms with Gasteiger partial charge >= 0.3 is 0 Å². The smallest absolute Gasteiger partial charge is 0.167 e. The van der Waals surface area contributed by atoms with Crippen molar-refractivity contribution in [1.29, 1.82) is 0 Å². The molecule has 0 aliphatic rings. The van der Waals surface area contributed by atoms with Crippen molar-refractivity contribution in [2.75, 3.05) is 0 Å². The number of furan rings is 2. The molecule has 0 aliphatic heterocycles. The van der Waals surface area contributed by atoms with Crippen LogP contribution in [0.2, 0.25) is 0 Å². The lowest BCUT2D eigenvalue weighted by Crippen LogP contribution is -2.02. The van der Waals surface area contributed by atoms with Crippen LogP contribution in [0.1, 0.15) is 0 Å². The molecule has 0 spiro atoms. The van der Waals surface area contributed by atoms with Crippen molar-refractivity contribution in [1.82, 2.24) is 19.5 Å². The zero-order valence-corrected chi connectivity index (χ0v) is 29.3. The summed E-state index contributed by atoms with van der Waals surface area (Å²) < 4.78 is 15.4. The molecule has 12 rings (SSSR count). The van der Waals surface area contributed by atoms with Gasteiger partial charge in [-0.15, -0.1) is 0 Å². The predicted octanol–water partition coefficient (Wildman–Crippen LogP) is 12.9. The summed E-state index contributed by atoms with van der Waals surface area (Å²) in [6.07, 6.45) is 0. The molecular formula is C49H28N4O2. The van der Waals surface area contributed by atoms with Crippen LogP contribution in [-0.4, -0.2) is 19.5 Å². The van der Waals surface area contributed by atoms with Gasteiger partial charge < -0.3 is 13.4 Å². The maximum atomic E-state index is 6.72. The molecule has 55 heavy (non-hydrogen) atoms. The van der Waals surface area contributed by atoms with E-state index in [0.29, 0.717) is 17.5 Å². The first-order valence-corrected chi connectivity index (χ1v) is 18.4. The first-order chi connectivity index (χ1) is 27.2. The Morgan fingerprint density at radius 2 is 1.02 bits per heavy atom. The second-order valence-corrected chi connectivity index (χ2v) is 14.0. The van der Waals surface area contributed by atoms with Crippen molar-refractivity contribution in [2.45, 2.75) is 0 Å². The summed E-state index contributed by atoms with van der Waals surface area (Å²) in [7, 11) is 0. The molecule has 0 saturated carbocycles. The van der Waals surface area contributed by atoms with Crippen molar-refractivity contribution in [3.05, 3.63) is 170 Å². The minimum absolute atomic E-state index is 0.519. The topological polar surface area (TPSA) is 69.9 Å². The molecule has 0 saturated heterocycles. The summed E-state index contributed by atoms with van der Waals surface area (Å²) >= 11 is 0. The third-order valence-corrected chi connectivity index (χ3v) is 10.8. The Hall–Kier alpha value is -7.57. The molecule has 4 aromatic heterocycles. The van der Waals surface area contributed by atoms with Crippen molar-refractivity contribution in [2.24, 2.45) is 0 Å². The van der Waals surface area contributed by atoms with Gasteiger partial charge in [0, 0.05) is 49.1 Å². The molecule has 12 aromatic rings. The number of benzene rings is 8. The summed E-state index contributed by atoms with van der Waals surface area (Å²) in [6.45, 7) is 0. The van der Waals surface area contributed by atoms with Crippen molar-refractivity contribution in [3.8, 4) is 39.9 Å². The lowest BCUT2D eigenvalue weighted by Gasteiger charge is -2.13. The van der Waals surface area contributed by atoms with Gasteiger partial charge in [-0.2, -0.15) is 0 Å². The number of hydrogen-bond donors (Lipinski definition) is 0. The summed E-state index contributed by atoms with van der Waals surface area (Å²) in [5.41, 5.74) is 8.89. The SMILES string of the molecule is c1ccc(-c2nc(-c3cc(-n4c5ccccc5c5cc6ccccc6cc54)cc4c3oc3ccccc34)nc(-c3cccc4oc5ccccc5c34)n2)cc1. The molecule has 0 fully saturated rings. The molecule has 8 aromatic carbocycles. The van der Waals surface area contributed by atoms with Crippen LogP contribution in [0.4, 0.5) is 0 Å². The molecule has 0 unspecified atom stereocenters. The maximum absolute atomic E-state index is 6.72. The van der Waals surface area contributed by atoms with Gasteiger partial charge in [-0.3, -0.25) is 0 Å². The molecule has 0 radical (unpaired) electrons. The Labute approximate surface area is 313 Å². The Morgan fingerprint density at radius 3 is 1.85 bits per heavy atom. The van der Waals surface area contributed by atoms with E-state index in [1.807, 2.05) is 72.8 Å². The third kappa shape index (κ3) is 4.52. The zero-order valence-electron chi connectivity index (χ0n) is 29.3. The van der Waals surface area contributed by atoms with E-state index in [1.54, 1.807) is 0 Å². The molecule has 6 nitrogen and oxygen atoms in total. The van der Waals surface area contributed by atoms with Gasteiger partial charge in [0.25, 0.3) is 0 Å². The second kappa shape index (κ2) is 11.5. The van der Waals surface area contributed by atoms with Crippen molar-refractivity contribution < 1.29 is 8.83 Å². The van der Waals surface area contributed by atoms with Gasteiger partial charge in [0.1, 0.15) is 22.3 Å². The summed E-state index contributed by atoms with van der Waals surface area (Å²) in [4.78, 5) is 15.7. The maximum Gasteiger partial charge on any atom is 0.167 e. The average molecular weight is 705 g/mol. The molecule has 0 aliphatic carbocycles. The van der Waals surface area contributed by atoms with Crippen molar-refractivity contribution in [3.63, 3.8) is 0 Å². The summed E-state index contributed by atoms with van der Waals surface area (Å²) in [6, 6.07) is 58.6. The quantitative estimate of drug-likeness (QED) is 0.182. The largest absolute Gasteiger partial charge is 0.456 e. The molecule has 4 heterocycles. The fourth-order valence-electron chi connectivity index (χ4n) is 8.33. The normalized spacial score (nSPS) is 12.0. The molecule has 0 amide bonds. The van der Waals surface area contributed by atoms with Gasteiger partial charge in [0.2, 0.25) is 0 Å². The van der Waals surface area contributed by atoms with Crippen LogP contribution >= 0.6 is 0 Å². The van der Waals surface area contributed by atoms with Crippen LogP contribution in [0.25, 0.3) is 116 Å². The van der Waals surface area contributed by atoms with Gasteiger partial charge in [-0.1, -0.05) is 121 Å². The number of rotatable bonds is 4. The highest BCUT2D eigenvalue weighted by molar-refractivity contribution is 6.16. The first-order valence-electron chi connectivity index (χ1n) is 18.4. The molecule has 0 bridgehead atoms. The second-order valence-electron chi connectivity index (χ2n) is 14.0. The fourth-order valence-corrected chi connectivity index (χ4v) is 8.33. The molecule has 256 valence electrons. The van der Waals surface area contributed by atoms with E-state index in [4.69, 9.17) is 23.8 Å². The Bertz CT molecular complexity index is 3500. The van der Waals surface area contributed by atoms with E-state index in [0.717, 1.165) is 77.3 Å². The fraction of sp³-hybridized carbons (Fsp3) is 0. The number of aromatic nitrogens is 4. The number of para-hydroxylation sites is 3. The summed E-state index contributed by atoms with van der Waals surface area (Å²) in [5.74, 6) is 1.65. The third-order valence-electron chi connectivity index (χ3n) is 10.8. The van der Waals surface area contributed by atoms with Crippen LogP contribution in [0.5, 0.6) is 0 Å². The highest BCUT2D eigenvalue weighted by atomic mass is 16.3. The van der Waals surface area contributed by atoms with Crippen LogP contribution in [0, 0.1) is 0 Å². The molecule has 6 heteroatoms. The van der Waals surface area contributed by atoms with E-state index in [1.165, 1.54) is 21.5 Å². The monoisotopic (exact) mass is 704 g/mol. The highest BCUT2D eigenvalue weighted by Gasteiger charge is 2.23. The number of hydrogen-bond acceptors (Lipinski definition) is 5. The first kappa shape index (κ1) is 29.9. The van der Waals surface area contributed by atoms with Gasteiger partial charge in [-0.25, -0.2) is 15.0 Å². The number of nitrogens with zero attached hydrogens (tertiary/aromatic N) is 4. The summed E-state index contributed by atoms with van der Waals surface area (Å²) in [5, 5.41) is 8.77. The molecule has 0 N–H and O–H groups in total. The molecule has 0 atom stereocenters. The van der Waals surface area contributed by atoms with E-state index >= 15 is 0 Å². The van der Waals surface area contributed by atoms with Crippen LogP contribution in [0.15, 0.2) is 179 Å². The van der Waals surface area contributed by atoms with Crippen LogP contribution in [-0.2, 0) is 0 Å². The minimum Gasteiger partial charge on any atom is -0.456 e. The Morgan fingerprint density at radius 1 is 0.382 bits per heavy atom. The van der Waals surface area contributed by atoms with Crippen molar-refractivity contribution >= 4 is 76.5 Å². The minimum atomic E-state index is 0.519. The zero-order chi connectivity index (χ0) is 36.0. The molecular weight excluding hydrogens is 677 g/mol. The van der Waals surface area contributed by atoms with E-state index in [9.17, 15) is 0 Å². The van der Waals surface area contributed by atoms with Crippen LogP contribution < -0.4 is 0 Å². The van der Waals surface area contributed by atoms with E-state index < -0.39 is 0 Å². The lowest BCUT2D eigenvalue weighted by atomic mass is 10.0. The van der Waals surface area contributed by atoms with E-state index in [2.05, 4.69) is 102 Å². The number of fused-ring (bicyclic) bond motifs is 10. The predicted molar refractivity (Wildman–Crippen MR) is 223 cm³/mol. The lowest BCUT2D eigenvalue weighted by molar-refractivity contribution is 0.668. The van der Waals surface area contributed by atoms with E-state index in [-0.39, 0.29) is 0 Å². The van der Waals surface area contributed by atoms with Gasteiger partial charge in [-0.05, 0) is 59.3 Å². The highest BCUT2D eigenvalue weighted by Crippen LogP contribution is 2.42. The Kier molecular flexibility index (Phi) is 6.24. The van der Waals surface area contributed by atoms with Gasteiger partial charge in [0.15, 0.2) is 17.5 Å². The Balaban J connectivity index is 1.19. The van der Waals surface area contributed by atoms with Gasteiger partial charge in [0.05, 0.1) is 16.6 Å².